The fourth-order valence-corrected chi connectivity index (χ4v) is 4.25. The fraction of sp³-hybridized carbons (Fsp3) is 0.812. The smallest absolute Gasteiger partial charge is 0.267 e. The molecule has 2 aliphatic heterocycles. The SMILES string of the molecule is Cc1nnsc1C(=O)N1CCCCC1CCN1CCCCC1. The summed E-state index contributed by atoms with van der Waals surface area (Å²) in [5, 5.41) is 3.99. The number of aromatic nitrogens is 2. The van der Waals surface area contributed by atoms with E-state index in [2.05, 4.69) is 19.4 Å². The summed E-state index contributed by atoms with van der Waals surface area (Å²) in [6.45, 7) is 6.37. The topological polar surface area (TPSA) is 49.3 Å². The normalized spacial score (nSPS) is 23.7. The zero-order valence-electron chi connectivity index (χ0n) is 13.5. The predicted octanol–water partition coefficient (Wildman–Crippen LogP) is 2.72. The van der Waals surface area contributed by atoms with Crippen molar-refractivity contribution in [2.24, 2.45) is 0 Å². The van der Waals surface area contributed by atoms with Crippen molar-refractivity contribution in [3.05, 3.63) is 10.6 Å². The van der Waals surface area contributed by atoms with E-state index in [-0.39, 0.29) is 5.91 Å². The van der Waals surface area contributed by atoms with E-state index >= 15 is 0 Å². The minimum Gasteiger partial charge on any atom is -0.335 e. The summed E-state index contributed by atoms with van der Waals surface area (Å²) in [6.07, 6.45) is 8.66. The summed E-state index contributed by atoms with van der Waals surface area (Å²) in [4.78, 5) is 18.2. The second kappa shape index (κ2) is 7.51. The molecule has 0 bridgehead atoms. The molecular weight excluding hydrogens is 296 g/mol. The van der Waals surface area contributed by atoms with Crippen LogP contribution < -0.4 is 0 Å². The molecule has 1 amide bonds. The fourth-order valence-electron chi connectivity index (χ4n) is 3.64. The first-order chi connectivity index (χ1) is 10.8. The van der Waals surface area contributed by atoms with Gasteiger partial charge in [-0.1, -0.05) is 10.9 Å². The lowest BCUT2D eigenvalue weighted by Crippen LogP contribution is -2.45. The number of amides is 1. The van der Waals surface area contributed by atoms with Crippen LogP contribution in [0.5, 0.6) is 0 Å². The van der Waals surface area contributed by atoms with Gasteiger partial charge in [0.15, 0.2) is 0 Å². The summed E-state index contributed by atoms with van der Waals surface area (Å²) in [5.41, 5.74) is 0.773. The highest BCUT2D eigenvalue weighted by molar-refractivity contribution is 7.07. The summed E-state index contributed by atoms with van der Waals surface area (Å²) in [5.74, 6) is 0.149. The number of hydrogen-bond donors (Lipinski definition) is 0. The number of likely N-dealkylation sites (tertiary alicyclic amines) is 2. The molecule has 6 heteroatoms. The van der Waals surface area contributed by atoms with Crippen LogP contribution in [-0.4, -0.2) is 57.5 Å². The maximum absolute atomic E-state index is 12.8. The summed E-state index contributed by atoms with van der Waals surface area (Å²) < 4.78 is 3.92. The molecule has 3 heterocycles. The van der Waals surface area contributed by atoms with E-state index < -0.39 is 0 Å². The van der Waals surface area contributed by atoms with E-state index in [4.69, 9.17) is 0 Å². The largest absolute Gasteiger partial charge is 0.335 e. The molecule has 2 fully saturated rings. The van der Waals surface area contributed by atoms with Crippen molar-refractivity contribution in [1.29, 1.82) is 0 Å². The molecular formula is C16H26N4OS. The number of hydrogen-bond acceptors (Lipinski definition) is 5. The Balaban J connectivity index is 1.61. The van der Waals surface area contributed by atoms with Crippen LogP contribution in [0.1, 0.15) is 60.3 Å². The molecule has 1 aromatic heterocycles. The average molecular weight is 322 g/mol. The molecule has 0 radical (unpaired) electrons. The van der Waals surface area contributed by atoms with Crippen molar-refractivity contribution >= 4 is 17.4 Å². The Morgan fingerprint density at radius 1 is 1.18 bits per heavy atom. The third kappa shape index (κ3) is 3.66. The monoisotopic (exact) mass is 322 g/mol. The molecule has 3 rings (SSSR count). The third-order valence-electron chi connectivity index (χ3n) is 4.96. The van der Waals surface area contributed by atoms with Crippen molar-refractivity contribution < 1.29 is 4.79 Å². The van der Waals surface area contributed by atoms with Gasteiger partial charge in [-0.25, -0.2) is 0 Å². The van der Waals surface area contributed by atoms with Crippen molar-refractivity contribution in [2.75, 3.05) is 26.2 Å². The van der Waals surface area contributed by atoms with Crippen LogP contribution >= 0.6 is 11.5 Å². The number of piperidine rings is 2. The number of rotatable bonds is 4. The lowest BCUT2D eigenvalue weighted by atomic mass is 9.98. The molecule has 0 N–H and O–H groups in total. The van der Waals surface area contributed by atoms with Gasteiger partial charge in [-0.05, 0) is 70.1 Å². The molecule has 2 saturated heterocycles. The van der Waals surface area contributed by atoms with E-state index in [1.807, 2.05) is 6.92 Å². The molecule has 5 nitrogen and oxygen atoms in total. The van der Waals surface area contributed by atoms with Gasteiger partial charge in [0, 0.05) is 19.1 Å². The standard InChI is InChI=1S/C16H26N4OS/c1-13-15(22-18-17-13)16(21)20-11-6-3-7-14(20)8-12-19-9-4-2-5-10-19/h14H,2-12H2,1H3. The van der Waals surface area contributed by atoms with Crippen LogP contribution in [0.25, 0.3) is 0 Å². The summed E-state index contributed by atoms with van der Waals surface area (Å²) in [6, 6.07) is 0.393. The van der Waals surface area contributed by atoms with Crippen LogP contribution in [-0.2, 0) is 0 Å². The second-order valence-corrected chi connectivity index (χ2v) is 7.28. The van der Waals surface area contributed by atoms with Gasteiger partial charge in [0.2, 0.25) is 0 Å². The Hall–Kier alpha value is -1.01. The van der Waals surface area contributed by atoms with E-state index in [0.29, 0.717) is 6.04 Å². The van der Waals surface area contributed by atoms with Gasteiger partial charge in [0.1, 0.15) is 4.88 Å². The van der Waals surface area contributed by atoms with E-state index in [1.54, 1.807) is 0 Å². The lowest BCUT2D eigenvalue weighted by Gasteiger charge is -2.37. The molecule has 1 atom stereocenters. The first kappa shape index (κ1) is 15.9. The second-order valence-electron chi connectivity index (χ2n) is 6.53. The van der Waals surface area contributed by atoms with Crippen molar-refractivity contribution in [3.8, 4) is 0 Å². The zero-order chi connectivity index (χ0) is 15.4. The minimum absolute atomic E-state index is 0.149. The van der Waals surface area contributed by atoms with Gasteiger partial charge in [0.05, 0.1) is 5.69 Å². The first-order valence-corrected chi connectivity index (χ1v) is 9.35. The minimum atomic E-state index is 0.149. The van der Waals surface area contributed by atoms with Crippen LogP contribution in [0.4, 0.5) is 0 Å². The van der Waals surface area contributed by atoms with E-state index in [9.17, 15) is 4.79 Å². The molecule has 0 aliphatic carbocycles. The van der Waals surface area contributed by atoms with E-state index in [0.717, 1.165) is 42.9 Å². The molecule has 0 spiro atoms. The molecule has 1 unspecified atom stereocenters. The zero-order valence-corrected chi connectivity index (χ0v) is 14.3. The Bertz CT molecular complexity index is 498. The molecule has 0 saturated carbocycles. The van der Waals surface area contributed by atoms with Gasteiger partial charge in [-0.15, -0.1) is 5.10 Å². The van der Waals surface area contributed by atoms with Crippen molar-refractivity contribution in [3.63, 3.8) is 0 Å². The van der Waals surface area contributed by atoms with Crippen molar-refractivity contribution in [1.82, 2.24) is 19.4 Å². The van der Waals surface area contributed by atoms with Crippen LogP contribution in [0.15, 0.2) is 0 Å². The van der Waals surface area contributed by atoms with Gasteiger partial charge in [-0.2, -0.15) is 0 Å². The van der Waals surface area contributed by atoms with Gasteiger partial charge in [0.25, 0.3) is 5.91 Å². The van der Waals surface area contributed by atoms with Crippen LogP contribution in [0, 0.1) is 6.92 Å². The highest BCUT2D eigenvalue weighted by Gasteiger charge is 2.29. The quantitative estimate of drug-likeness (QED) is 0.855. The summed E-state index contributed by atoms with van der Waals surface area (Å²) >= 11 is 1.24. The number of aryl methyl sites for hydroxylation is 1. The maximum atomic E-state index is 12.8. The third-order valence-corrected chi connectivity index (χ3v) is 5.78. The van der Waals surface area contributed by atoms with E-state index in [1.165, 1.54) is 50.3 Å². The van der Waals surface area contributed by atoms with Gasteiger partial charge in [-0.3, -0.25) is 4.79 Å². The Labute approximate surface area is 136 Å². The highest BCUT2D eigenvalue weighted by Crippen LogP contribution is 2.24. The molecule has 2 aliphatic rings. The Morgan fingerprint density at radius 2 is 1.95 bits per heavy atom. The average Bonchev–Trinajstić information content (AvgIpc) is 2.99. The highest BCUT2D eigenvalue weighted by atomic mass is 32.1. The lowest BCUT2D eigenvalue weighted by molar-refractivity contribution is 0.0583. The molecule has 0 aromatic carbocycles. The van der Waals surface area contributed by atoms with Crippen LogP contribution in [0.2, 0.25) is 0 Å². The summed E-state index contributed by atoms with van der Waals surface area (Å²) in [7, 11) is 0. The number of carbonyl (C=O) groups excluding carboxylic acids is 1. The Morgan fingerprint density at radius 3 is 2.68 bits per heavy atom. The molecule has 122 valence electrons. The number of nitrogens with zero attached hydrogens (tertiary/aromatic N) is 4. The maximum Gasteiger partial charge on any atom is 0.267 e. The molecule has 1 aromatic rings. The first-order valence-electron chi connectivity index (χ1n) is 8.58. The van der Waals surface area contributed by atoms with Gasteiger partial charge >= 0.3 is 0 Å². The Kier molecular flexibility index (Phi) is 5.41. The van der Waals surface area contributed by atoms with Crippen LogP contribution in [0.3, 0.4) is 0 Å². The molecule has 22 heavy (non-hydrogen) atoms. The van der Waals surface area contributed by atoms with Gasteiger partial charge < -0.3 is 9.80 Å². The predicted molar refractivity (Wildman–Crippen MR) is 88.2 cm³/mol. The number of carbonyl (C=O) groups is 1. The van der Waals surface area contributed by atoms with Crippen molar-refractivity contribution in [2.45, 2.75) is 57.9 Å².